The highest BCUT2D eigenvalue weighted by Gasteiger charge is 2.13. The Hall–Kier alpha value is -3.15. The summed E-state index contributed by atoms with van der Waals surface area (Å²) in [4.78, 5) is 28.6. The van der Waals surface area contributed by atoms with Gasteiger partial charge in [0.15, 0.2) is 0 Å². The van der Waals surface area contributed by atoms with Gasteiger partial charge in [0, 0.05) is 31.8 Å². The molecule has 0 atom stereocenters. The molecule has 0 bridgehead atoms. The second kappa shape index (κ2) is 7.17. The zero-order chi connectivity index (χ0) is 17.8. The molecule has 0 saturated carbocycles. The van der Waals surface area contributed by atoms with Gasteiger partial charge in [0.05, 0.1) is 5.69 Å². The third-order valence-corrected chi connectivity index (χ3v) is 3.93. The minimum Gasteiger partial charge on any atom is -0.441 e. The maximum Gasteiger partial charge on any atom is 0.263 e. The number of aromatic nitrogens is 2. The van der Waals surface area contributed by atoms with E-state index in [0.29, 0.717) is 18.9 Å². The summed E-state index contributed by atoms with van der Waals surface area (Å²) >= 11 is 0. The van der Waals surface area contributed by atoms with Crippen LogP contribution >= 0.6 is 0 Å². The molecular weight excluding hydrogens is 318 g/mol. The lowest BCUT2D eigenvalue weighted by atomic mass is 10.2. The van der Waals surface area contributed by atoms with Gasteiger partial charge in [-0.15, -0.1) is 0 Å². The van der Waals surface area contributed by atoms with Crippen molar-refractivity contribution in [2.75, 3.05) is 6.54 Å². The van der Waals surface area contributed by atoms with Gasteiger partial charge in [-0.1, -0.05) is 18.2 Å². The molecule has 1 N–H and O–H groups in total. The van der Waals surface area contributed by atoms with Gasteiger partial charge in [0.2, 0.25) is 5.89 Å². The van der Waals surface area contributed by atoms with Crippen LogP contribution in [0.3, 0.4) is 0 Å². The summed E-state index contributed by atoms with van der Waals surface area (Å²) < 4.78 is 7.08. The maximum absolute atomic E-state index is 12.2. The van der Waals surface area contributed by atoms with E-state index < -0.39 is 0 Å². The molecule has 0 saturated heterocycles. The quantitative estimate of drug-likeness (QED) is 0.775. The van der Waals surface area contributed by atoms with Crippen molar-refractivity contribution in [2.24, 2.45) is 7.05 Å². The summed E-state index contributed by atoms with van der Waals surface area (Å²) in [6, 6.07) is 12.8. The van der Waals surface area contributed by atoms with Crippen molar-refractivity contribution in [1.29, 1.82) is 0 Å². The molecule has 0 unspecified atom stereocenters. The van der Waals surface area contributed by atoms with Crippen molar-refractivity contribution in [3.8, 4) is 11.5 Å². The second-order valence-corrected chi connectivity index (χ2v) is 5.73. The number of carbonyl (C=O) groups excluding carboxylic acids is 1. The number of carbonyl (C=O) groups is 1. The Morgan fingerprint density at radius 3 is 2.72 bits per heavy atom. The standard InChI is InChI=1S/C19H19N3O3/c1-13-16(21-18(25-13)14-7-4-3-5-8-14)10-11-20-17(23)15-9-6-12-22(2)19(15)24/h3-9,12H,10-11H2,1-2H3,(H,20,23). The highest BCUT2D eigenvalue weighted by molar-refractivity contribution is 5.93. The monoisotopic (exact) mass is 337 g/mol. The van der Waals surface area contributed by atoms with E-state index >= 15 is 0 Å². The van der Waals surface area contributed by atoms with Crippen LogP contribution < -0.4 is 10.9 Å². The predicted molar refractivity (Wildman–Crippen MR) is 94.4 cm³/mol. The number of benzene rings is 1. The zero-order valence-electron chi connectivity index (χ0n) is 14.2. The van der Waals surface area contributed by atoms with Crippen molar-refractivity contribution in [3.05, 3.63) is 76.0 Å². The minimum atomic E-state index is -0.384. The highest BCUT2D eigenvalue weighted by Crippen LogP contribution is 2.21. The van der Waals surface area contributed by atoms with Crippen LogP contribution in [0.4, 0.5) is 0 Å². The van der Waals surface area contributed by atoms with E-state index in [-0.39, 0.29) is 17.0 Å². The molecule has 6 heteroatoms. The first-order valence-corrected chi connectivity index (χ1v) is 8.02. The van der Waals surface area contributed by atoms with Gasteiger partial charge < -0.3 is 14.3 Å². The Labute approximate surface area is 145 Å². The first kappa shape index (κ1) is 16.7. The molecular formula is C19H19N3O3. The van der Waals surface area contributed by atoms with Gasteiger partial charge in [-0.05, 0) is 31.2 Å². The van der Waals surface area contributed by atoms with E-state index in [0.717, 1.165) is 17.0 Å². The van der Waals surface area contributed by atoms with Crippen LogP contribution in [-0.2, 0) is 13.5 Å². The fourth-order valence-electron chi connectivity index (χ4n) is 2.52. The molecule has 3 aromatic rings. The van der Waals surface area contributed by atoms with Crippen LogP contribution in [0.2, 0.25) is 0 Å². The lowest BCUT2D eigenvalue weighted by Gasteiger charge is -2.05. The Morgan fingerprint density at radius 1 is 1.20 bits per heavy atom. The van der Waals surface area contributed by atoms with E-state index in [9.17, 15) is 9.59 Å². The molecule has 6 nitrogen and oxygen atoms in total. The first-order chi connectivity index (χ1) is 12.1. The van der Waals surface area contributed by atoms with Crippen LogP contribution in [0.15, 0.2) is 57.9 Å². The van der Waals surface area contributed by atoms with E-state index in [1.165, 1.54) is 10.6 Å². The molecule has 0 radical (unpaired) electrons. The summed E-state index contributed by atoms with van der Waals surface area (Å²) in [7, 11) is 1.61. The van der Waals surface area contributed by atoms with Gasteiger partial charge in [-0.3, -0.25) is 9.59 Å². The summed E-state index contributed by atoms with van der Waals surface area (Å²) in [6.45, 7) is 2.22. The largest absolute Gasteiger partial charge is 0.441 e. The number of nitrogens with zero attached hydrogens (tertiary/aromatic N) is 2. The van der Waals surface area contributed by atoms with Crippen molar-refractivity contribution in [2.45, 2.75) is 13.3 Å². The smallest absolute Gasteiger partial charge is 0.263 e. The number of oxazole rings is 1. The minimum absolute atomic E-state index is 0.131. The van der Waals surface area contributed by atoms with Crippen molar-refractivity contribution < 1.29 is 9.21 Å². The molecule has 3 rings (SSSR count). The molecule has 2 heterocycles. The predicted octanol–water partition coefficient (Wildman–Crippen LogP) is 2.32. The molecule has 1 amide bonds. The summed E-state index contributed by atoms with van der Waals surface area (Å²) in [5, 5.41) is 2.76. The van der Waals surface area contributed by atoms with Crippen LogP contribution in [0, 0.1) is 6.92 Å². The van der Waals surface area contributed by atoms with Crippen LogP contribution in [0.25, 0.3) is 11.5 Å². The molecule has 25 heavy (non-hydrogen) atoms. The Morgan fingerprint density at radius 2 is 1.96 bits per heavy atom. The number of pyridine rings is 1. The van der Waals surface area contributed by atoms with Gasteiger partial charge in [0.25, 0.3) is 11.5 Å². The topological polar surface area (TPSA) is 77.1 Å². The van der Waals surface area contributed by atoms with Crippen molar-refractivity contribution in [3.63, 3.8) is 0 Å². The van der Waals surface area contributed by atoms with Crippen molar-refractivity contribution in [1.82, 2.24) is 14.9 Å². The lowest BCUT2D eigenvalue weighted by molar-refractivity contribution is 0.0952. The van der Waals surface area contributed by atoms with E-state index in [1.807, 2.05) is 37.3 Å². The first-order valence-electron chi connectivity index (χ1n) is 8.02. The number of hydrogen-bond donors (Lipinski definition) is 1. The molecule has 0 fully saturated rings. The normalized spacial score (nSPS) is 10.6. The molecule has 0 aliphatic heterocycles. The van der Waals surface area contributed by atoms with Crippen LogP contribution in [-0.4, -0.2) is 22.0 Å². The maximum atomic E-state index is 12.2. The molecule has 0 spiro atoms. The van der Waals surface area contributed by atoms with E-state index in [4.69, 9.17) is 4.42 Å². The van der Waals surface area contributed by atoms with Gasteiger partial charge >= 0.3 is 0 Å². The fraction of sp³-hybridized carbons (Fsp3) is 0.211. The van der Waals surface area contributed by atoms with E-state index in [1.54, 1.807) is 19.3 Å². The number of amides is 1. The van der Waals surface area contributed by atoms with Gasteiger partial charge in [-0.25, -0.2) is 4.98 Å². The summed E-state index contributed by atoms with van der Waals surface area (Å²) in [5.74, 6) is 0.908. The summed E-state index contributed by atoms with van der Waals surface area (Å²) in [6.07, 6.45) is 2.14. The average molecular weight is 337 g/mol. The Bertz CT molecular complexity index is 942. The Balaban J connectivity index is 1.65. The number of nitrogens with one attached hydrogen (secondary N) is 1. The number of rotatable bonds is 5. The summed E-state index contributed by atoms with van der Waals surface area (Å²) in [5.41, 5.74) is 1.52. The average Bonchev–Trinajstić information content (AvgIpc) is 2.99. The van der Waals surface area contributed by atoms with Gasteiger partial charge in [0.1, 0.15) is 11.3 Å². The number of aryl methyl sites for hydroxylation is 2. The third kappa shape index (κ3) is 3.68. The molecule has 0 aliphatic rings. The van der Waals surface area contributed by atoms with E-state index in [2.05, 4.69) is 10.3 Å². The molecule has 0 aliphatic carbocycles. The SMILES string of the molecule is Cc1oc(-c2ccccc2)nc1CCNC(=O)c1cccn(C)c1=O. The van der Waals surface area contributed by atoms with Gasteiger partial charge in [-0.2, -0.15) is 0 Å². The molecule has 2 aromatic heterocycles. The number of hydrogen-bond acceptors (Lipinski definition) is 4. The lowest BCUT2D eigenvalue weighted by Crippen LogP contribution is -2.33. The van der Waals surface area contributed by atoms with Crippen LogP contribution in [0.1, 0.15) is 21.8 Å². The second-order valence-electron chi connectivity index (χ2n) is 5.73. The third-order valence-electron chi connectivity index (χ3n) is 3.93. The van der Waals surface area contributed by atoms with Crippen molar-refractivity contribution >= 4 is 5.91 Å². The fourth-order valence-corrected chi connectivity index (χ4v) is 2.52. The Kier molecular flexibility index (Phi) is 4.79. The molecule has 128 valence electrons. The molecule has 1 aromatic carbocycles. The zero-order valence-corrected chi connectivity index (χ0v) is 14.2. The van der Waals surface area contributed by atoms with Crippen LogP contribution in [0.5, 0.6) is 0 Å². The highest BCUT2D eigenvalue weighted by atomic mass is 16.4.